The predicted molar refractivity (Wildman–Crippen MR) is 75.5 cm³/mol. The predicted octanol–water partition coefficient (Wildman–Crippen LogP) is 4.10. The van der Waals surface area contributed by atoms with Crippen LogP contribution < -0.4 is 4.74 Å². The highest BCUT2D eigenvalue weighted by atomic mass is 16.5. The number of rotatable bonds is 3. The van der Waals surface area contributed by atoms with Crippen LogP contribution in [-0.2, 0) is 0 Å². The fraction of sp³-hybridized carbons (Fsp3) is 0.235. The first-order valence-corrected chi connectivity index (χ1v) is 6.70. The molecule has 0 aromatic heterocycles. The first kappa shape index (κ1) is 12.0. The molecule has 1 heterocycles. The van der Waals surface area contributed by atoms with Crippen molar-refractivity contribution in [1.29, 1.82) is 0 Å². The van der Waals surface area contributed by atoms with Crippen LogP contribution in [0.25, 0.3) is 11.1 Å². The van der Waals surface area contributed by atoms with E-state index in [4.69, 9.17) is 4.74 Å². The number of ketones is 1. The van der Waals surface area contributed by atoms with Crippen LogP contribution in [0, 0.1) is 0 Å². The number of hydrogen-bond acceptors (Lipinski definition) is 2. The second-order valence-corrected chi connectivity index (χ2v) is 4.81. The van der Waals surface area contributed by atoms with E-state index in [1.807, 2.05) is 48.5 Å². The molecule has 3 rings (SSSR count). The van der Waals surface area contributed by atoms with Gasteiger partial charge in [-0.15, -0.1) is 0 Å². The van der Waals surface area contributed by atoms with Crippen molar-refractivity contribution >= 4 is 5.78 Å². The summed E-state index contributed by atoms with van der Waals surface area (Å²) in [5.41, 5.74) is 2.81. The van der Waals surface area contributed by atoms with E-state index < -0.39 is 0 Å². The quantitative estimate of drug-likeness (QED) is 0.822. The molecule has 0 N–H and O–H groups in total. The highest BCUT2D eigenvalue weighted by Crippen LogP contribution is 2.39. The summed E-state index contributed by atoms with van der Waals surface area (Å²) < 4.78 is 5.90. The highest BCUT2D eigenvalue weighted by Gasteiger charge is 2.33. The summed E-state index contributed by atoms with van der Waals surface area (Å²) in [6.07, 6.45) is 1.43. The Morgan fingerprint density at radius 3 is 2.47 bits per heavy atom. The Morgan fingerprint density at radius 2 is 1.74 bits per heavy atom. The van der Waals surface area contributed by atoms with Gasteiger partial charge in [0.15, 0.2) is 6.10 Å². The fourth-order valence-electron chi connectivity index (χ4n) is 2.52. The largest absolute Gasteiger partial charge is 0.481 e. The molecule has 0 bridgehead atoms. The third kappa shape index (κ3) is 2.03. The van der Waals surface area contributed by atoms with Gasteiger partial charge in [0.25, 0.3) is 0 Å². The van der Waals surface area contributed by atoms with Gasteiger partial charge in [0.1, 0.15) is 5.75 Å². The van der Waals surface area contributed by atoms with Crippen molar-refractivity contribution in [1.82, 2.24) is 0 Å². The van der Waals surface area contributed by atoms with E-state index in [1.165, 1.54) is 0 Å². The minimum atomic E-state index is -0.301. The molecule has 0 amide bonds. The number of benzene rings is 2. The van der Waals surface area contributed by atoms with E-state index in [1.54, 1.807) is 0 Å². The Balaban J connectivity index is 2.06. The van der Waals surface area contributed by atoms with Gasteiger partial charge in [-0.2, -0.15) is 0 Å². The molecule has 19 heavy (non-hydrogen) atoms. The number of fused-ring (bicyclic) bond motifs is 1. The van der Waals surface area contributed by atoms with Crippen LogP contribution in [-0.4, -0.2) is 11.9 Å². The summed E-state index contributed by atoms with van der Waals surface area (Å²) in [4.78, 5) is 12.2. The Kier molecular flexibility index (Phi) is 3.08. The van der Waals surface area contributed by atoms with Gasteiger partial charge in [-0.3, -0.25) is 4.79 Å². The zero-order chi connectivity index (χ0) is 13.2. The number of ether oxygens (including phenoxy) is 1. The number of hydrogen-bond donors (Lipinski definition) is 0. The lowest BCUT2D eigenvalue weighted by Gasteiger charge is -2.10. The summed E-state index contributed by atoms with van der Waals surface area (Å²) in [6.45, 7) is 2.07. The van der Waals surface area contributed by atoms with Crippen LogP contribution >= 0.6 is 0 Å². The molecule has 2 aromatic carbocycles. The smallest absolute Gasteiger partial charge is 0.207 e. The lowest BCUT2D eigenvalue weighted by molar-refractivity contribution is 0.0846. The van der Waals surface area contributed by atoms with E-state index in [2.05, 4.69) is 6.92 Å². The van der Waals surface area contributed by atoms with Crippen molar-refractivity contribution in [3.63, 3.8) is 0 Å². The van der Waals surface area contributed by atoms with Gasteiger partial charge >= 0.3 is 0 Å². The first-order valence-electron chi connectivity index (χ1n) is 6.70. The third-order valence-corrected chi connectivity index (χ3v) is 3.47. The minimum absolute atomic E-state index is 0.120. The summed E-state index contributed by atoms with van der Waals surface area (Å²) in [5, 5.41) is 0. The molecule has 0 saturated heterocycles. The molecule has 0 radical (unpaired) electrons. The minimum Gasteiger partial charge on any atom is -0.481 e. The van der Waals surface area contributed by atoms with Gasteiger partial charge in [0, 0.05) is 5.56 Å². The number of carbonyl (C=O) groups excluding carboxylic acids is 1. The van der Waals surface area contributed by atoms with Gasteiger partial charge in [-0.1, -0.05) is 55.8 Å². The van der Waals surface area contributed by atoms with Crippen LogP contribution in [0.2, 0.25) is 0 Å². The van der Waals surface area contributed by atoms with Crippen LogP contribution in [0.15, 0.2) is 48.5 Å². The molecule has 1 aliphatic heterocycles. The summed E-state index contributed by atoms with van der Waals surface area (Å²) in [7, 11) is 0. The summed E-state index contributed by atoms with van der Waals surface area (Å²) in [5.74, 6) is 0.867. The van der Waals surface area contributed by atoms with Crippen molar-refractivity contribution < 1.29 is 9.53 Å². The molecule has 0 saturated carbocycles. The van der Waals surface area contributed by atoms with Gasteiger partial charge < -0.3 is 4.74 Å². The molecule has 0 aliphatic carbocycles. The maximum absolute atomic E-state index is 12.2. The van der Waals surface area contributed by atoms with Crippen molar-refractivity contribution in [2.24, 2.45) is 0 Å². The summed E-state index contributed by atoms with van der Waals surface area (Å²) >= 11 is 0. The molecule has 2 aromatic rings. The van der Waals surface area contributed by atoms with Crippen LogP contribution in [0.4, 0.5) is 0 Å². The standard InChI is InChI=1S/C17H16O2/c1-2-7-15-16(18)14-11-6-10-13(17(14)19-15)12-8-4-3-5-9-12/h3-6,8-11,15H,2,7H2,1H3. The Hall–Kier alpha value is -2.09. The molecular formula is C17H16O2. The van der Waals surface area contributed by atoms with Gasteiger partial charge in [0.2, 0.25) is 5.78 Å². The van der Waals surface area contributed by atoms with Crippen LogP contribution in [0.3, 0.4) is 0 Å². The van der Waals surface area contributed by atoms with E-state index >= 15 is 0 Å². The fourth-order valence-corrected chi connectivity index (χ4v) is 2.52. The van der Waals surface area contributed by atoms with Crippen molar-refractivity contribution in [3.8, 4) is 16.9 Å². The lowest BCUT2D eigenvalue weighted by Crippen LogP contribution is -2.19. The molecule has 2 nitrogen and oxygen atoms in total. The van der Waals surface area contributed by atoms with Crippen LogP contribution in [0.1, 0.15) is 30.1 Å². The van der Waals surface area contributed by atoms with E-state index in [-0.39, 0.29) is 11.9 Å². The molecule has 0 fully saturated rings. The molecule has 1 atom stereocenters. The average Bonchev–Trinajstić information content (AvgIpc) is 2.77. The second kappa shape index (κ2) is 4.88. The molecule has 96 valence electrons. The zero-order valence-electron chi connectivity index (χ0n) is 10.9. The maximum atomic E-state index is 12.2. The molecule has 1 unspecified atom stereocenters. The second-order valence-electron chi connectivity index (χ2n) is 4.81. The third-order valence-electron chi connectivity index (χ3n) is 3.47. The van der Waals surface area contributed by atoms with Crippen LogP contribution in [0.5, 0.6) is 5.75 Å². The van der Waals surface area contributed by atoms with Crippen molar-refractivity contribution in [3.05, 3.63) is 54.1 Å². The number of Topliss-reactive ketones (excluding diaryl/α,β-unsaturated/α-hetero) is 1. The van der Waals surface area contributed by atoms with Gasteiger partial charge in [-0.25, -0.2) is 0 Å². The Bertz CT molecular complexity index is 602. The van der Waals surface area contributed by atoms with E-state index in [9.17, 15) is 4.79 Å². The SMILES string of the molecule is CCCC1Oc2c(cccc2-c2ccccc2)C1=O. The number of carbonyl (C=O) groups is 1. The van der Waals surface area contributed by atoms with Crippen molar-refractivity contribution in [2.75, 3.05) is 0 Å². The molecule has 0 spiro atoms. The molecule has 1 aliphatic rings. The maximum Gasteiger partial charge on any atom is 0.207 e. The van der Waals surface area contributed by atoms with E-state index in [0.717, 1.165) is 35.3 Å². The zero-order valence-corrected chi connectivity index (χ0v) is 10.9. The summed E-state index contributed by atoms with van der Waals surface area (Å²) in [6, 6.07) is 15.8. The Labute approximate surface area is 113 Å². The van der Waals surface area contributed by atoms with Crippen molar-refractivity contribution in [2.45, 2.75) is 25.9 Å². The normalized spacial score (nSPS) is 17.1. The van der Waals surface area contributed by atoms with Gasteiger partial charge in [-0.05, 0) is 18.1 Å². The average molecular weight is 252 g/mol. The first-order chi connectivity index (χ1) is 9.31. The van der Waals surface area contributed by atoms with Gasteiger partial charge in [0.05, 0.1) is 5.56 Å². The van der Waals surface area contributed by atoms with E-state index in [0.29, 0.717) is 0 Å². The lowest BCUT2D eigenvalue weighted by atomic mass is 9.99. The molecule has 2 heteroatoms. The molecular weight excluding hydrogens is 236 g/mol. The monoisotopic (exact) mass is 252 g/mol. The Morgan fingerprint density at radius 1 is 1.00 bits per heavy atom. The number of para-hydroxylation sites is 1. The topological polar surface area (TPSA) is 26.3 Å². The highest BCUT2D eigenvalue weighted by molar-refractivity contribution is 6.06.